The van der Waals surface area contributed by atoms with Crippen LogP contribution in [0.3, 0.4) is 0 Å². The fraction of sp³-hybridized carbons (Fsp3) is 0.130. The minimum atomic E-state index is -0.318. The fourth-order valence-corrected chi connectivity index (χ4v) is 5.03. The topological polar surface area (TPSA) is 108 Å². The molecule has 4 heterocycles. The molecule has 0 atom stereocenters. The first-order valence-electron chi connectivity index (χ1n) is 10.3. The first kappa shape index (κ1) is 20.8. The van der Waals surface area contributed by atoms with Crippen molar-refractivity contribution in [3.05, 3.63) is 70.0 Å². The molecule has 0 unspecified atom stereocenters. The molecule has 1 aliphatic heterocycles. The van der Waals surface area contributed by atoms with Gasteiger partial charge in [0.2, 0.25) is 18.3 Å². The van der Waals surface area contributed by atoms with Gasteiger partial charge in [0, 0.05) is 17.0 Å². The number of nitrogens with zero attached hydrogens (tertiary/aromatic N) is 3. The molecule has 0 aliphatic carbocycles. The van der Waals surface area contributed by atoms with Gasteiger partial charge in [-0.25, -0.2) is 9.97 Å². The highest BCUT2D eigenvalue weighted by Gasteiger charge is 2.20. The van der Waals surface area contributed by atoms with E-state index in [0.717, 1.165) is 10.9 Å². The summed E-state index contributed by atoms with van der Waals surface area (Å²) in [5.74, 6) is 1.12. The summed E-state index contributed by atoms with van der Waals surface area (Å²) in [6.45, 7) is 0.395. The van der Waals surface area contributed by atoms with E-state index in [4.69, 9.17) is 18.9 Å². The van der Waals surface area contributed by atoms with Gasteiger partial charge in [0.1, 0.15) is 11.1 Å². The molecule has 11 heteroatoms. The molecule has 1 aliphatic rings. The quantitative estimate of drug-likeness (QED) is 0.279. The highest BCUT2D eigenvalue weighted by molar-refractivity contribution is 7.99. The van der Waals surface area contributed by atoms with Crippen molar-refractivity contribution in [3.8, 4) is 11.5 Å². The second-order valence-electron chi connectivity index (χ2n) is 7.42. The summed E-state index contributed by atoms with van der Waals surface area (Å²) in [6, 6.07) is 12.9. The maximum Gasteiger partial charge on any atom is 0.298 e. The minimum absolute atomic E-state index is 0.0639. The third-order valence-electron chi connectivity index (χ3n) is 5.24. The lowest BCUT2D eigenvalue weighted by atomic mass is 10.2. The molecule has 0 fully saturated rings. The van der Waals surface area contributed by atoms with E-state index in [2.05, 4.69) is 10.3 Å². The van der Waals surface area contributed by atoms with Crippen LogP contribution in [0.2, 0.25) is 0 Å². The zero-order valence-corrected chi connectivity index (χ0v) is 19.1. The summed E-state index contributed by atoms with van der Waals surface area (Å²) >= 11 is 2.52. The van der Waals surface area contributed by atoms with Gasteiger partial charge in [-0.05, 0) is 29.8 Å². The summed E-state index contributed by atoms with van der Waals surface area (Å²) in [4.78, 5) is 34.8. The molecule has 1 N–H and O–H groups in total. The number of rotatable bonds is 6. The molecule has 170 valence electrons. The number of fused-ring (bicyclic) bond motifs is 4. The van der Waals surface area contributed by atoms with E-state index >= 15 is 0 Å². The van der Waals surface area contributed by atoms with Crippen molar-refractivity contribution < 1.29 is 18.7 Å². The molecule has 6 rings (SSSR count). The molecule has 9 nitrogen and oxygen atoms in total. The van der Waals surface area contributed by atoms with Gasteiger partial charge in [0.25, 0.3) is 5.56 Å². The smallest absolute Gasteiger partial charge is 0.298 e. The van der Waals surface area contributed by atoms with Crippen molar-refractivity contribution in [3.63, 3.8) is 0 Å². The van der Waals surface area contributed by atoms with Crippen LogP contribution in [0.1, 0.15) is 5.56 Å². The zero-order chi connectivity index (χ0) is 23.1. The minimum Gasteiger partial charge on any atom is -0.454 e. The number of thiazole rings is 1. The van der Waals surface area contributed by atoms with Crippen molar-refractivity contribution in [2.75, 3.05) is 17.9 Å². The molecule has 0 bridgehead atoms. The first-order chi connectivity index (χ1) is 16.7. The largest absolute Gasteiger partial charge is 0.454 e. The van der Waals surface area contributed by atoms with E-state index in [1.807, 2.05) is 36.4 Å². The Bertz CT molecular complexity index is 1590. The number of carbonyl (C=O) groups is 1. The molecule has 1 amide bonds. The van der Waals surface area contributed by atoms with Crippen LogP contribution in [-0.2, 0) is 11.3 Å². The van der Waals surface area contributed by atoms with Crippen LogP contribution in [0.5, 0.6) is 11.5 Å². The van der Waals surface area contributed by atoms with Gasteiger partial charge >= 0.3 is 0 Å². The number of amides is 1. The van der Waals surface area contributed by atoms with Crippen molar-refractivity contribution in [1.82, 2.24) is 14.5 Å². The van der Waals surface area contributed by atoms with E-state index in [1.165, 1.54) is 27.7 Å². The standard InChI is InChI=1S/C23H16N4O5S2/c28-18(25-22-24-7-8-33-22)11-34-23-26-19-14-3-1-2-4-15(14)32-20(19)21(29)27(23)10-13-5-6-16-17(9-13)31-12-30-16/h1-9H,10-12H2,(H,24,25,28). The molecular weight excluding hydrogens is 476 g/mol. The van der Waals surface area contributed by atoms with Gasteiger partial charge in [-0.3, -0.25) is 14.2 Å². The van der Waals surface area contributed by atoms with E-state index in [1.54, 1.807) is 17.6 Å². The Balaban J connectivity index is 1.39. The van der Waals surface area contributed by atoms with Gasteiger partial charge in [0.15, 0.2) is 21.8 Å². The Hall–Kier alpha value is -3.83. The second-order valence-corrected chi connectivity index (χ2v) is 9.26. The van der Waals surface area contributed by atoms with Crippen molar-refractivity contribution in [1.29, 1.82) is 0 Å². The van der Waals surface area contributed by atoms with Crippen LogP contribution in [0.25, 0.3) is 22.1 Å². The maximum absolute atomic E-state index is 13.5. The lowest BCUT2D eigenvalue weighted by molar-refractivity contribution is -0.113. The molecule has 34 heavy (non-hydrogen) atoms. The molecular formula is C23H16N4O5S2. The average molecular weight is 493 g/mol. The number of thioether (sulfide) groups is 1. The summed E-state index contributed by atoms with van der Waals surface area (Å²) in [5, 5.41) is 6.22. The number of furan rings is 1. The van der Waals surface area contributed by atoms with Gasteiger partial charge in [0.05, 0.1) is 12.3 Å². The van der Waals surface area contributed by atoms with Gasteiger partial charge in [-0.1, -0.05) is 30.0 Å². The van der Waals surface area contributed by atoms with Crippen molar-refractivity contribution >= 4 is 56.2 Å². The first-order valence-corrected chi connectivity index (χ1v) is 12.1. The zero-order valence-electron chi connectivity index (χ0n) is 17.5. The molecule has 0 radical (unpaired) electrons. The molecule has 0 saturated heterocycles. The number of para-hydroxylation sites is 1. The van der Waals surface area contributed by atoms with Crippen molar-refractivity contribution in [2.24, 2.45) is 0 Å². The Morgan fingerprint density at radius 1 is 1.18 bits per heavy atom. The Morgan fingerprint density at radius 3 is 2.94 bits per heavy atom. The van der Waals surface area contributed by atoms with Gasteiger partial charge < -0.3 is 19.2 Å². The normalized spacial score (nSPS) is 12.5. The van der Waals surface area contributed by atoms with Crippen LogP contribution >= 0.6 is 23.1 Å². The lowest BCUT2D eigenvalue weighted by Crippen LogP contribution is -2.24. The predicted octanol–water partition coefficient (Wildman–Crippen LogP) is 4.11. The van der Waals surface area contributed by atoms with Crippen LogP contribution in [-0.4, -0.2) is 33.0 Å². The number of aromatic nitrogens is 3. The van der Waals surface area contributed by atoms with E-state index in [0.29, 0.717) is 32.9 Å². The SMILES string of the molecule is O=C(CSc1nc2c(oc3ccccc32)c(=O)n1Cc1ccc2c(c1)OCO2)Nc1nccs1. The number of ether oxygens (including phenoxy) is 2. The number of carbonyl (C=O) groups excluding carboxylic acids is 1. The average Bonchev–Trinajstić information content (AvgIpc) is 3.59. The van der Waals surface area contributed by atoms with Crippen molar-refractivity contribution in [2.45, 2.75) is 11.7 Å². The third-order valence-corrected chi connectivity index (χ3v) is 6.90. The maximum atomic E-state index is 13.5. The number of anilines is 1. The van der Waals surface area contributed by atoms with Gasteiger partial charge in [-0.2, -0.15) is 0 Å². The number of hydrogen-bond donors (Lipinski definition) is 1. The molecule has 0 saturated carbocycles. The Morgan fingerprint density at radius 2 is 2.06 bits per heavy atom. The van der Waals surface area contributed by atoms with E-state index in [9.17, 15) is 9.59 Å². The number of benzene rings is 2. The van der Waals surface area contributed by atoms with Crippen LogP contribution < -0.4 is 20.3 Å². The Kier molecular flexibility index (Phi) is 5.19. The van der Waals surface area contributed by atoms with Gasteiger partial charge in [-0.15, -0.1) is 11.3 Å². The van der Waals surface area contributed by atoms with E-state index in [-0.39, 0.29) is 36.1 Å². The second kappa shape index (κ2) is 8.50. The third kappa shape index (κ3) is 3.78. The monoisotopic (exact) mass is 492 g/mol. The number of nitrogens with one attached hydrogen (secondary N) is 1. The lowest BCUT2D eigenvalue weighted by Gasteiger charge is -2.12. The summed E-state index contributed by atoms with van der Waals surface area (Å²) in [6.07, 6.45) is 1.62. The van der Waals surface area contributed by atoms with Crippen LogP contribution in [0.4, 0.5) is 5.13 Å². The van der Waals surface area contributed by atoms with Crippen LogP contribution in [0, 0.1) is 0 Å². The molecule has 3 aromatic heterocycles. The summed E-state index contributed by atoms with van der Waals surface area (Å²) < 4.78 is 18.2. The number of hydrogen-bond acceptors (Lipinski definition) is 9. The predicted molar refractivity (Wildman–Crippen MR) is 129 cm³/mol. The summed E-state index contributed by atoms with van der Waals surface area (Å²) in [7, 11) is 0. The highest BCUT2D eigenvalue weighted by atomic mass is 32.2. The summed E-state index contributed by atoms with van der Waals surface area (Å²) in [5.41, 5.74) is 1.75. The van der Waals surface area contributed by atoms with E-state index < -0.39 is 0 Å². The highest BCUT2D eigenvalue weighted by Crippen LogP contribution is 2.33. The Labute approximate surface area is 200 Å². The fourth-order valence-electron chi connectivity index (χ4n) is 3.70. The molecule has 2 aromatic carbocycles. The molecule has 5 aromatic rings. The van der Waals surface area contributed by atoms with Crippen LogP contribution in [0.15, 0.2) is 68.4 Å². The molecule has 0 spiro atoms.